The van der Waals surface area contributed by atoms with Gasteiger partial charge in [0.1, 0.15) is 11.6 Å². The van der Waals surface area contributed by atoms with Crippen molar-refractivity contribution in [2.75, 3.05) is 26.5 Å². The van der Waals surface area contributed by atoms with E-state index < -0.39 is 18.3 Å². The highest BCUT2D eigenvalue weighted by Crippen LogP contribution is 2.38. The number of halogens is 3. The zero-order valence-corrected chi connectivity index (χ0v) is 19.9. The van der Waals surface area contributed by atoms with Crippen LogP contribution >= 0.6 is 0 Å². The van der Waals surface area contributed by atoms with E-state index in [1.165, 1.54) is 17.0 Å². The molecule has 1 fully saturated rings. The number of likely N-dealkylation sites (tertiary alicyclic amines) is 1. The molecule has 0 saturated carbocycles. The summed E-state index contributed by atoms with van der Waals surface area (Å²) in [6, 6.07) is 11.4. The van der Waals surface area contributed by atoms with E-state index in [0.717, 1.165) is 5.56 Å². The summed E-state index contributed by atoms with van der Waals surface area (Å²) in [4.78, 5) is 14.1. The second-order valence-corrected chi connectivity index (χ2v) is 9.48. The van der Waals surface area contributed by atoms with Gasteiger partial charge in [0.2, 0.25) is 6.79 Å². The van der Waals surface area contributed by atoms with Crippen LogP contribution in [0.2, 0.25) is 0 Å². The number of benzene rings is 2. The fraction of sp³-hybridized carbons (Fsp3) is 0.444. The van der Waals surface area contributed by atoms with E-state index in [4.69, 9.17) is 14.2 Å². The summed E-state index contributed by atoms with van der Waals surface area (Å²) in [6.07, 6.45) is -0.201. The van der Waals surface area contributed by atoms with E-state index in [-0.39, 0.29) is 50.1 Å². The van der Waals surface area contributed by atoms with Gasteiger partial charge in [0, 0.05) is 31.5 Å². The third kappa shape index (κ3) is 5.74. The molecule has 35 heavy (non-hydrogen) atoms. The molecule has 1 saturated heterocycles. The van der Waals surface area contributed by atoms with Crippen LogP contribution in [0.25, 0.3) is 0 Å². The van der Waals surface area contributed by atoms with Gasteiger partial charge in [-0.15, -0.1) is 0 Å². The van der Waals surface area contributed by atoms with Gasteiger partial charge in [-0.1, -0.05) is 38.1 Å². The molecule has 0 radical (unpaired) electrons. The lowest BCUT2D eigenvalue weighted by Crippen LogP contribution is -2.51. The van der Waals surface area contributed by atoms with Gasteiger partial charge >= 0.3 is 5.92 Å². The molecule has 2 aromatic carbocycles. The van der Waals surface area contributed by atoms with Gasteiger partial charge < -0.3 is 19.1 Å². The van der Waals surface area contributed by atoms with Crippen LogP contribution in [0.3, 0.4) is 0 Å². The Bertz CT molecular complexity index is 1070. The van der Waals surface area contributed by atoms with Crippen molar-refractivity contribution >= 4 is 5.91 Å². The zero-order valence-electron chi connectivity index (χ0n) is 19.9. The molecule has 0 aliphatic carbocycles. The van der Waals surface area contributed by atoms with Crippen molar-refractivity contribution in [3.8, 4) is 17.2 Å². The molecule has 2 aliphatic rings. The Morgan fingerprint density at radius 3 is 2.60 bits per heavy atom. The molecule has 2 heterocycles. The standard InChI is InChI=1S/C27H30F3NO4/c1-17(2)18(3)13-27(29,30)26(32)31-11-10-23(19-4-6-21(28)7-5-19)20(14-31)15-33-22-8-9-24-25(12-22)35-16-34-24/h4-9,12,17,20,23H,3,10-11,13-16H2,1-2H3. The number of amides is 1. The number of carbonyl (C=O) groups is 1. The maximum Gasteiger partial charge on any atom is 0.328 e. The molecule has 188 valence electrons. The number of nitrogens with zero attached hydrogens (tertiary/aromatic N) is 1. The van der Waals surface area contributed by atoms with Gasteiger partial charge in [0.25, 0.3) is 5.91 Å². The Balaban J connectivity index is 1.50. The highest BCUT2D eigenvalue weighted by molar-refractivity contribution is 5.84. The quantitative estimate of drug-likeness (QED) is 0.440. The summed E-state index contributed by atoms with van der Waals surface area (Å²) in [5.74, 6) is -3.79. The number of allylic oxidation sites excluding steroid dienone is 1. The average Bonchev–Trinajstić information content (AvgIpc) is 3.30. The Morgan fingerprint density at radius 2 is 1.89 bits per heavy atom. The SMILES string of the molecule is C=C(CC(F)(F)C(=O)N1CCC(c2ccc(F)cc2)C(COc2ccc3c(c2)OCO3)C1)C(C)C. The number of fused-ring (bicyclic) bond motifs is 1. The van der Waals surface area contributed by atoms with E-state index in [1.54, 1.807) is 44.2 Å². The Labute approximate surface area is 203 Å². The molecule has 2 aromatic rings. The highest BCUT2D eigenvalue weighted by Gasteiger charge is 2.45. The average molecular weight is 490 g/mol. The maximum atomic E-state index is 14.8. The van der Waals surface area contributed by atoms with Gasteiger partial charge in [-0.25, -0.2) is 4.39 Å². The largest absolute Gasteiger partial charge is 0.493 e. The third-order valence-corrected chi connectivity index (χ3v) is 6.71. The minimum atomic E-state index is -3.52. The number of ether oxygens (including phenoxy) is 3. The summed E-state index contributed by atoms with van der Waals surface area (Å²) < 4.78 is 59.9. The normalized spacial score (nSPS) is 19.7. The lowest BCUT2D eigenvalue weighted by Gasteiger charge is -2.40. The second-order valence-electron chi connectivity index (χ2n) is 9.48. The molecule has 0 N–H and O–H groups in total. The first-order valence-electron chi connectivity index (χ1n) is 11.8. The van der Waals surface area contributed by atoms with Crippen LogP contribution < -0.4 is 14.2 Å². The van der Waals surface area contributed by atoms with Crippen molar-refractivity contribution in [2.24, 2.45) is 11.8 Å². The number of hydrogen-bond donors (Lipinski definition) is 0. The summed E-state index contributed by atoms with van der Waals surface area (Å²) in [5.41, 5.74) is 1.23. The predicted molar refractivity (Wildman–Crippen MR) is 125 cm³/mol. The summed E-state index contributed by atoms with van der Waals surface area (Å²) in [5, 5.41) is 0. The van der Waals surface area contributed by atoms with E-state index >= 15 is 0 Å². The third-order valence-electron chi connectivity index (χ3n) is 6.71. The first-order chi connectivity index (χ1) is 16.6. The van der Waals surface area contributed by atoms with Crippen LogP contribution in [0.5, 0.6) is 17.2 Å². The van der Waals surface area contributed by atoms with Crippen LogP contribution in [0, 0.1) is 17.7 Å². The lowest BCUT2D eigenvalue weighted by molar-refractivity contribution is -0.159. The van der Waals surface area contributed by atoms with Crippen LogP contribution in [-0.4, -0.2) is 43.2 Å². The molecule has 2 aliphatic heterocycles. The number of piperidine rings is 1. The molecule has 2 atom stereocenters. The molecule has 0 bridgehead atoms. The van der Waals surface area contributed by atoms with Crippen molar-refractivity contribution < 1.29 is 32.2 Å². The Morgan fingerprint density at radius 1 is 1.17 bits per heavy atom. The Kier molecular flexibility index (Phi) is 7.28. The van der Waals surface area contributed by atoms with Crippen molar-refractivity contribution in [1.29, 1.82) is 0 Å². The minimum Gasteiger partial charge on any atom is -0.493 e. The van der Waals surface area contributed by atoms with Gasteiger partial charge in [-0.3, -0.25) is 4.79 Å². The molecule has 8 heteroatoms. The minimum absolute atomic E-state index is 0.0760. The first kappa shape index (κ1) is 24.9. The summed E-state index contributed by atoms with van der Waals surface area (Å²) >= 11 is 0. The van der Waals surface area contributed by atoms with Crippen LogP contribution in [0.15, 0.2) is 54.6 Å². The summed E-state index contributed by atoms with van der Waals surface area (Å²) in [7, 11) is 0. The molecule has 0 spiro atoms. The molecule has 0 aromatic heterocycles. The van der Waals surface area contributed by atoms with Gasteiger partial charge in [-0.05, 0) is 48.1 Å². The Hall–Kier alpha value is -3.16. The van der Waals surface area contributed by atoms with E-state index in [1.807, 2.05) is 0 Å². The van der Waals surface area contributed by atoms with Crippen molar-refractivity contribution in [1.82, 2.24) is 4.90 Å². The summed E-state index contributed by atoms with van der Waals surface area (Å²) in [6.45, 7) is 7.89. The van der Waals surface area contributed by atoms with Crippen LogP contribution in [-0.2, 0) is 4.79 Å². The topological polar surface area (TPSA) is 48.0 Å². The molecule has 4 rings (SSSR count). The van der Waals surface area contributed by atoms with Crippen molar-refractivity contribution in [2.45, 2.75) is 38.5 Å². The van der Waals surface area contributed by atoms with Crippen molar-refractivity contribution in [3.63, 3.8) is 0 Å². The van der Waals surface area contributed by atoms with E-state index in [0.29, 0.717) is 29.2 Å². The van der Waals surface area contributed by atoms with E-state index in [9.17, 15) is 18.0 Å². The fourth-order valence-corrected chi connectivity index (χ4v) is 4.50. The van der Waals surface area contributed by atoms with E-state index in [2.05, 4.69) is 6.58 Å². The van der Waals surface area contributed by atoms with Gasteiger partial charge in [-0.2, -0.15) is 8.78 Å². The molecular weight excluding hydrogens is 459 g/mol. The smallest absolute Gasteiger partial charge is 0.328 e. The predicted octanol–water partition coefficient (Wildman–Crippen LogP) is 5.80. The molecular formula is C27H30F3NO4. The van der Waals surface area contributed by atoms with Gasteiger partial charge in [0.05, 0.1) is 6.61 Å². The lowest BCUT2D eigenvalue weighted by atomic mass is 9.80. The monoisotopic (exact) mass is 489 g/mol. The van der Waals surface area contributed by atoms with Crippen molar-refractivity contribution in [3.05, 3.63) is 66.0 Å². The number of carbonyl (C=O) groups excluding carboxylic acids is 1. The van der Waals surface area contributed by atoms with Crippen LogP contribution in [0.4, 0.5) is 13.2 Å². The van der Waals surface area contributed by atoms with Crippen LogP contribution in [0.1, 0.15) is 38.2 Å². The molecule has 2 unspecified atom stereocenters. The molecule has 5 nitrogen and oxygen atoms in total. The zero-order chi connectivity index (χ0) is 25.2. The maximum absolute atomic E-state index is 14.8. The number of rotatable bonds is 8. The van der Waals surface area contributed by atoms with Gasteiger partial charge in [0.15, 0.2) is 11.5 Å². The first-order valence-corrected chi connectivity index (χ1v) is 11.8. The fourth-order valence-electron chi connectivity index (χ4n) is 4.50. The number of alkyl halides is 2. The second kappa shape index (κ2) is 10.2. The number of hydrogen-bond acceptors (Lipinski definition) is 4. The molecule has 1 amide bonds. The highest BCUT2D eigenvalue weighted by atomic mass is 19.3.